The predicted octanol–water partition coefficient (Wildman–Crippen LogP) is 23.4. The highest BCUT2D eigenvalue weighted by Gasteiger charge is 2.22. The smallest absolute Gasteiger partial charge is 0.203 e. The van der Waals surface area contributed by atoms with Crippen LogP contribution in [-0.2, 0) is 0 Å². The number of para-hydroxylation sites is 1. The molecule has 12 rings (SSSR count). The lowest BCUT2D eigenvalue weighted by Gasteiger charge is -2.13. The summed E-state index contributed by atoms with van der Waals surface area (Å²) in [5, 5.41) is 11.7. The van der Waals surface area contributed by atoms with E-state index in [1.54, 1.807) is 226 Å². The number of anilines is 4. The lowest BCUT2D eigenvalue weighted by molar-refractivity contribution is 0.103. The molecule has 4 N–H and O–H groups in total. The Balaban J connectivity index is 0.000000211. The van der Waals surface area contributed by atoms with Gasteiger partial charge in [-0.1, -0.05) is 103 Å². The molecule has 0 saturated heterocycles. The number of methoxy groups -OCH3 is 19. The van der Waals surface area contributed by atoms with E-state index in [-0.39, 0.29) is 46.1 Å². The highest BCUT2D eigenvalue weighted by Crippen LogP contribution is 2.45. The van der Waals surface area contributed by atoms with Crippen LogP contribution >= 0.6 is 0 Å². The summed E-state index contributed by atoms with van der Waals surface area (Å²) >= 11 is 0. The maximum atomic E-state index is 14.8. The fourth-order valence-electron chi connectivity index (χ4n) is 13.9. The van der Waals surface area contributed by atoms with Crippen LogP contribution in [0.25, 0.3) is 48.6 Å². The Morgan fingerprint density at radius 3 is 0.711 bits per heavy atom. The molecule has 0 amide bonds. The van der Waals surface area contributed by atoms with Gasteiger partial charge in [0, 0.05) is 65.8 Å². The number of hydrogen-bond donors (Lipinski definition) is 4. The number of carbonyl (C=O) groups is 4. The van der Waals surface area contributed by atoms with Crippen LogP contribution in [0, 0.1) is 23.3 Å². The molecular formula is C111H110F4N4O23. The molecule has 0 aliphatic heterocycles. The molecule has 0 aliphatic rings. The van der Waals surface area contributed by atoms with Crippen LogP contribution < -0.4 is 111 Å². The Kier molecular flexibility index (Phi) is 41.8. The first-order valence-electron chi connectivity index (χ1n) is 43.1. The van der Waals surface area contributed by atoms with Crippen LogP contribution in [-0.4, -0.2) is 158 Å². The minimum absolute atomic E-state index is 0.0225. The van der Waals surface area contributed by atoms with Crippen molar-refractivity contribution in [2.45, 2.75) is 0 Å². The average molecular weight is 1940 g/mol. The van der Waals surface area contributed by atoms with Crippen molar-refractivity contribution in [3.05, 3.63) is 339 Å². The number of carbonyl (C=O) groups excluding carboxylic acids is 4. The molecule has 0 heterocycles. The molecule has 12 aromatic carbocycles. The van der Waals surface area contributed by atoms with Gasteiger partial charge in [0.25, 0.3) is 0 Å². The zero-order chi connectivity index (χ0) is 103. The Morgan fingerprint density at radius 1 is 0.204 bits per heavy atom. The largest absolute Gasteiger partial charge is 0.497 e. The normalized spacial score (nSPS) is 11.0. The van der Waals surface area contributed by atoms with Crippen LogP contribution in [0.15, 0.2) is 249 Å². The summed E-state index contributed by atoms with van der Waals surface area (Å²) in [6.45, 7) is 0. The van der Waals surface area contributed by atoms with Gasteiger partial charge in [0.2, 0.25) is 23.0 Å². The quantitative estimate of drug-likeness (QED) is 0.0119. The van der Waals surface area contributed by atoms with Gasteiger partial charge in [-0.3, -0.25) is 19.2 Å². The third-order valence-electron chi connectivity index (χ3n) is 20.8. The van der Waals surface area contributed by atoms with Gasteiger partial charge in [-0.05, 0) is 190 Å². The molecule has 12 aromatic rings. The fourth-order valence-corrected chi connectivity index (χ4v) is 13.9. The molecule has 0 atom stereocenters. The standard InChI is InChI=1S/3C28H28FNO6.C27H26FNO5/c1-32-21-10-8-20(9-11-21)24(31)12-13-30-23-15-18(14-22(29)27(23)35-4)6-7-19-16-25(33-2)28(36-5)26(17-19)34-3;1-32-21-8-6-7-20(17-21)24(31)11-12-30-23-14-18(13-22(29)27(23)35-4)9-10-19-15-25(33-2)28(36-5)26(16-19)34-3;1-32-24-9-7-6-8-20(24)23(31)12-13-30-22-15-18(14-21(29)27(22)35-4)10-11-19-16-25(33-2)28(36-5)26(17-19)34-3;1-31-24-16-19(17-25(32-2)27(24)34-4)11-10-18-14-21(28)26(33-3)22(15-18)29-13-12-23(30)20-8-6-5-7-9-20/h3*6-17,30H,1-5H3;5-17,29H,1-4H3/b7-6-,13-12-;10-9-,12-11-;2*11-10-,13-12-. The Morgan fingerprint density at radius 2 is 0.444 bits per heavy atom. The van der Waals surface area contributed by atoms with Crippen LogP contribution in [0.1, 0.15) is 85.9 Å². The van der Waals surface area contributed by atoms with Gasteiger partial charge in [0.15, 0.2) is 115 Å². The molecular weight excluding hydrogens is 1830 g/mol. The number of rotatable bonds is 43. The number of ether oxygens (including phenoxy) is 19. The van der Waals surface area contributed by atoms with E-state index in [4.69, 9.17) is 90.0 Å². The monoisotopic (exact) mass is 1940 g/mol. The molecule has 0 saturated carbocycles. The summed E-state index contributed by atoms with van der Waals surface area (Å²) in [7, 11) is 28.5. The third kappa shape index (κ3) is 29.5. The SMILES string of the molecule is COc1cc(/C=C\c2cc(F)c(OC)c(N/C=C\C(=O)c3ccccc3)c2)cc(OC)c1OC.COc1ccc(C(=O)/C=C\Nc2cc(/C=C\c3cc(OC)c(OC)c(OC)c3)cc(F)c2OC)cc1.COc1cccc(C(=O)/C=C\Nc2cc(/C=C\c3cc(OC)c(OC)c(OC)c3)cc(F)c2OC)c1.COc1ccccc1C(=O)/C=C\Nc1cc(/C=C\c2cc(OC)c(OC)c(OC)c2)cc(F)c1OC. The van der Waals surface area contributed by atoms with E-state index < -0.39 is 23.3 Å². The van der Waals surface area contributed by atoms with Crippen LogP contribution in [0.5, 0.6) is 109 Å². The van der Waals surface area contributed by atoms with E-state index in [1.807, 2.05) is 6.07 Å². The van der Waals surface area contributed by atoms with Crippen molar-refractivity contribution < 1.29 is 127 Å². The third-order valence-corrected chi connectivity index (χ3v) is 20.8. The summed E-state index contributed by atoms with van der Waals surface area (Å²) in [5.74, 6) is 4.70. The van der Waals surface area contributed by atoms with Crippen molar-refractivity contribution in [1.29, 1.82) is 0 Å². The second-order valence-electron chi connectivity index (χ2n) is 29.4. The van der Waals surface area contributed by atoms with E-state index >= 15 is 0 Å². The summed E-state index contributed by atoms with van der Waals surface area (Å²) in [6, 6.07) is 55.8. The zero-order valence-corrected chi connectivity index (χ0v) is 81.7. The van der Waals surface area contributed by atoms with Crippen molar-refractivity contribution in [3.8, 4) is 109 Å². The number of ketones is 4. The lowest BCUT2D eigenvalue weighted by atomic mass is 10.1. The van der Waals surface area contributed by atoms with E-state index in [2.05, 4.69) is 21.3 Å². The molecule has 0 spiro atoms. The maximum Gasteiger partial charge on any atom is 0.203 e. The van der Waals surface area contributed by atoms with Crippen LogP contribution in [0.2, 0.25) is 0 Å². The van der Waals surface area contributed by atoms with Gasteiger partial charge in [0.05, 0.1) is 163 Å². The second-order valence-corrected chi connectivity index (χ2v) is 29.4. The van der Waals surface area contributed by atoms with Gasteiger partial charge in [-0.25, -0.2) is 17.6 Å². The van der Waals surface area contributed by atoms with Crippen molar-refractivity contribution in [2.75, 3.05) is 156 Å². The molecule has 0 aliphatic carbocycles. The van der Waals surface area contributed by atoms with Gasteiger partial charge >= 0.3 is 0 Å². The van der Waals surface area contributed by atoms with E-state index in [0.717, 1.165) is 22.3 Å². The van der Waals surface area contributed by atoms with Crippen LogP contribution in [0.4, 0.5) is 40.3 Å². The lowest BCUT2D eigenvalue weighted by Crippen LogP contribution is -2.01. The molecule has 0 aromatic heterocycles. The zero-order valence-electron chi connectivity index (χ0n) is 81.7. The summed E-state index contributed by atoms with van der Waals surface area (Å²) in [4.78, 5) is 49.7. The van der Waals surface area contributed by atoms with Gasteiger partial charge in [-0.2, -0.15) is 0 Å². The van der Waals surface area contributed by atoms with Crippen molar-refractivity contribution in [1.82, 2.24) is 0 Å². The van der Waals surface area contributed by atoms with E-state index in [0.29, 0.717) is 153 Å². The maximum absolute atomic E-state index is 14.8. The van der Waals surface area contributed by atoms with Crippen molar-refractivity contribution in [3.63, 3.8) is 0 Å². The first kappa shape index (κ1) is 108. The van der Waals surface area contributed by atoms with Crippen molar-refractivity contribution >= 4 is 94.5 Å². The van der Waals surface area contributed by atoms with Gasteiger partial charge in [0.1, 0.15) is 17.2 Å². The number of hydrogen-bond acceptors (Lipinski definition) is 27. The molecule has 740 valence electrons. The molecule has 142 heavy (non-hydrogen) atoms. The number of benzene rings is 12. The molecule has 0 fully saturated rings. The highest BCUT2D eigenvalue weighted by molar-refractivity contribution is 6.07. The number of allylic oxidation sites excluding steroid dienone is 4. The molecule has 27 nitrogen and oxygen atoms in total. The molecule has 0 unspecified atom stereocenters. The van der Waals surface area contributed by atoms with Gasteiger partial charge < -0.3 is 111 Å². The molecule has 31 heteroatoms. The molecule has 0 bridgehead atoms. The topological polar surface area (TPSA) is 292 Å². The van der Waals surface area contributed by atoms with Gasteiger partial charge in [-0.15, -0.1) is 0 Å². The Hall–Kier alpha value is -17.6. The Labute approximate surface area is 821 Å². The highest BCUT2D eigenvalue weighted by atomic mass is 19.1. The van der Waals surface area contributed by atoms with E-state index in [9.17, 15) is 36.7 Å². The van der Waals surface area contributed by atoms with E-state index in [1.165, 1.54) is 201 Å². The predicted molar refractivity (Wildman–Crippen MR) is 546 cm³/mol. The first-order valence-corrected chi connectivity index (χ1v) is 43.1. The first-order chi connectivity index (χ1) is 68.8. The Bertz CT molecular complexity index is 6510. The fraction of sp³-hybridized carbons (Fsp3) is 0.171. The van der Waals surface area contributed by atoms with Crippen molar-refractivity contribution in [2.24, 2.45) is 0 Å². The summed E-state index contributed by atoms with van der Waals surface area (Å²) in [5.41, 5.74) is 8.72. The number of halogens is 4. The summed E-state index contributed by atoms with van der Waals surface area (Å²) in [6.07, 6.45) is 25.3. The second kappa shape index (κ2) is 54.9. The average Bonchev–Trinajstić information content (AvgIpc) is 0.826. The van der Waals surface area contributed by atoms with Crippen LogP contribution in [0.3, 0.4) is 0 Å². The minimum Gasteiger partial charge on any atom is -0.497 e. The summed E-state index contributed by atoms with van der Waals surface area (Å²) < 4.78 is 160. The number of nitrogens with one attached hydrogen (secondary N) is 4. The molecule has 0 radical (unpaired) electrons. The minimum atomic E-state index is -0.559.